The van der Waals surface area contributed by atoms with Crippen LogP contribution in [-0.4, -0.2) is 30.0 Å². The minimum atomic E-state index is 0. The molecular weight excluding hydrogens is 330 g/mol. The van der Waals surface area contributed by atoms with Gasteiger partial charge in [0.25, 0.3) is 0 Å². The number of methoxy groups -OCH3 is 1. The number of rotatable bonds is 2. The van der Waals surface area contributed by atoms with Crippen LogP contribution in [0.3, 0.4) is 0 Å². The summed E-state index contributed by atoms with van der Waals surface area (Å²) in [6, 6.07) is 4.57. The van der Waals surface area contributed by atoms with Gasteiger partial charge in [-0.2, -0.15) is 5.10 Å². The van der Waals surface area contributed by atoms with Crippen molar-refractivity contribution in [1.29, 1.82) is 0 Å². The summed E-state index contributed by atoms with van der Waals surface area (Å²) >= 11 is 3.51. The van der Waals surface area contributed by atoms with Crippen LogP contribution in [0, 0.1) is 0 Å². The lowest BCUT2D eigenvalue weighted by molar-refractivity contribution is 0.345. The van der Waals surface area contributed by atoms with Gasteiger partial charge in [-0.3, -0.25) is 4.68 Å². The smallest absolute Gasteiger partial charge is 0.135 e. The van der Waals surface area contributed by atoms with Crippen LogP contribution in [0.2, 0.25) is 0 Å². The molecule has 6 heteroatoms. The summed E-state index contributed by atoms with van der Waals surface area (Å²) in [4.78, 5) is 0. The van der Waals surface area contributed by atoms with Crippen LogP contribution in [0.1, 0.15) is 18.9 Å². The number of hydrogen-bond donors (Lipinski definition) is 1. The highest BCUT2D eigenvalue weighted by Crippen LogP contribution is 2.30. The first-order chi connectivity index (χ1) is 8.78. The lowest BCUT2D eigenvalue weighted by Gasteiger charge is -2.22. The van der Waals surface area contributed by atoms with Gasteiger partial charge < -0.3 is 10.1 Å². The molecule has 1 N–H and O–H groups in total. The topological polar surface area (TPSA) is 39.1 Å². The Kier molecular flexibility index (Phi) is 4.71. The summed E-state index contributed by atoms with van der Waals surface area (Å²) in [7, 11) is 1.68. The zero-order valence-electron chi connectivity index (χ0n) is 10.7. The molecule has 2 aromatic rings. The van der Waals surface area contributed by atoms with Gasteiger partial charge in [0.1, 0.15) is 5.75 Å². The Hall–Kier alpha value is -0.780. The summed E-state index contributed by atoms with van der Waals surface area (Å²) in [5.74, 6) is 0.832. The molecule has 0 aliphatic carbocycles. The predicted molar refractivity (Wildman–Crippen MR) is 82.4 cm³/mol. The third-order valence-corrected chi connectivity index (χ3v) is 4.10. The summed E-state index contributed by atoms with van der Waals surface area (Å²) in [5.41, 5.74) is 0.994. The molecule has 1 aromatic carbocycles. The average Bonchev–Trinajstić information content (AvgIpc) is 2.81. The number of aromatic nitrogens is 2. The van der Waals surface area contributed by atoms with E-state index in [-0.39, 0.29) is 12.4 Å². The molecule has 3 rings (SSSR count). The van der Waals surface area contributed by atoms with Gasteiger partial charge in [0.05, 0.1) is 23.1 Å². The fourth-order valence-corrected chi connectivity index (χ4v) is 2.98. The van der Waals surface area contributed by atoms with Crippen molar-refractivity contribution in [1.82, 2.24) is 15.1 Å². The van der Waals surface area contributed by atoms with Crippen LogP contribution in [0.25, 0.3) is 10.9 Å². The van der Waals surface area contributed by atoms with E-state index in [2.05, 4.69) is 43.3 Å². The molecule has 1 aliphatic heterocycles. The average molecular weight is 347 g/mol. The Morgan fingerprint density at radius 1 is 1.37 bits per heavy atom. The number of halogens is 2. The second kappa shape index (κ2) is 6.11. The van der Waals surface area contributed by atoms with Crippen molar-refractivity contribution in [3.8, 4) is 5.75 Å². The lowest BCUT2D eigenvalue weighted by atomic mass is 10.1. The molecule has 0 radical (unpaired) electrons. The van der Waals surface area contributed by atoms with Crippen LogP contribution < -0.4 is 10.1 Å². The van der Waals surface area contributed by atoms with Crippen LogP contribution >= 0.6 is 28.3 Å². The highest BCUT2D eigenvalue weighted by molar-refractivity contribution is 9.10. The van der Waals surface area contributed by atoms with Crippen molar-refractivity contribution in [2.75, 3.05) is 20.2 Å². The standard InChI is InChI=1S/C13H16BrN3O.ClH/c1-18-13-7-12-9(6-11(13)14)8-17(16-12)10-2-4-15-5-3-10;/h6-8,10,15H,2-5H2,1H3;1H. The minimum absolute atomic E-state index is 0. The second-order valence-electron chi connectivity index (χ2n) is 4.64. The molecule has 104 valence electrons. The first-order valence-electron chi connectivity index (χ1n) is 6.21. The number of nitrogens with zero attached hydrogens (tertiary/aromatic N) is 2. The molecule has 2 heterocycles. The molecule has 1 aromatic heterocycles. The van der Waals surface area contributed by atoms with Crippen LogP contribution in [0.4, 0.5) is 0 Å². The number of benzene rings is 1. The van der Waals surface area contributed by atoms with Crippen molar-refractivity contribution < 1.29 is 4.74 Å². The van der Waals surface area contributed by atoms with Crippen molar-refractivity contribution in [3.63, 3.8) is 0 Å². The predicted octanol–water partition coefficient (Wildman–Crippen LogP) is 3.15. The molecular formula is C13H17BrClN3O. The molecule has 0 bridgehead atoms. The van der Waals surface area contributed by atoms with Gasteiger partial charge in [0.2, 0.25) is 0 Å². The van der Waals surface area contributed by atoms with E-state index in [0.29, 0.717) is 6.04 Å². The van der Waals surface area contributed by atoms with E-state index in [1.807, 2.05) is 6.07 Å². The van der Waals surface area contributed by atoms with E-state index < -0.39 is 0 Å². The van der Waals surface area contributed by atoms with E-state index in [1.54, 1.807) is 7.11 Å². The number of piperidine rings is 1. The lowest BCUT2D eigenvalue weighted by Crippen LogP contribution is -2.29. The summed E-state index contributed by atoms with van der Waals surface area (Å²) in [6.07, 6.45) is 4.42. The molecule has 1 fully saturated rings. The van der Waals surface area contributed by atoms with E-state index in [9.17, 15) is 0 Å². The summed E-state index contributed by atoms with van der Waals surface area (Å²) < 4.78 is 8.38. The molecule has 0 atom stereocenters. The van der Waals surface area contributed by atoms with E-state index in [4.69, 9.17) is 4.74 Å². The maximum absolute atomic E-state index is 5.30. The Balaban J connectivity index is 0.00000133. The summed E-state index contributed by atoms with van der Waals surface area (Å²) in [5, 5.41) is 9.21. The summed E-state index contributed by atoms with van der Waals surface area (Å²) in [6.45, 7) is 2.15. The number of fused-ring (bicyclic) bond motifs is 1. The van der Waals surface area contributed by atoms with E-state index >= 15 is 0 Å². The number of ether oxygens (including phenoxy) is 1. The minimum Gasteiger partial charge on any atom is -0.495 e. The SMILES string of the molecule is COc1cc2nn(C3CCNCC3)cc2cc1Br.Cl. The monoisotopic (exact) mass is 345 g/mol. The van der Waals surface area contributed by atoms with Gasteiger partial charge in [-0.05, 0) is 47.9 Å². The van der Waals surface area contributed by atoms with Gasteiger partial charge in [-0.15, -0.1) is 12.4 Å². The Morgan fingerprint density at radius 3 is 2.79 bits per heavy atom. The number of hydrogen-bond acceptors (Lipinski definition) is 3. The van der Waals surface area contributed by atoms with Crippen LogP contribution in [0.15, 0.2) is 22.8 Å². The molecule has 0 spiro atoms. The third-order valence-electron chi connectivity index (χ3n) is 3.48. The Morgan fingerprint density at radius 2 is 2.11 bits per heavy atom. The largest absolute Gasteiger partial charge is 0.495 e. The van der Waals surface area contributed by atoms with Gasteiger partial charge in [-0.1, -0.05) is 0 Å². The Labute approximate surface area is 127 Å². The van der Waals surface area contributed by atoms with Crippen molar-refractivity contribution in [2.45, 2.75) is 18.9 Å². The first-order valence-corrected chi connectivity index (χ1v) is 7.00. The molecule has 19 heavy (non-hydrogen) atoms. The molecule has 4 nitrogen and oxygen atoms in total. The quantitative estimate of drug-likeness (QED) is 0.908. The highest BCUT2D eigenvalue weighted by atomic mass is 79.9. The molecule has 0 saturated carbocycles. The van der Waals surface area contributed by atoms with Crippen molar-refractivity contribution >= 4 is 39.2 Å². The molecule has 1 aliphatic rings. The van der Waals surface area contributed by atoms with Crippen molar-refractivity contribution in [3.05, 3.63) is 22.8 Å². The van der Waals surface area contributed by atoms with E-state index in [0.717, 1.165) is 47.1 Å². The maximum atomic E-state index is 5.30. The molecule has 0 unspecified atom stereocenters. The first kappa shape index (κ1) is 14.6. The second-order valence-corrected chi connectivity index (χ2v) is 5.49. The normalized spacial score (nSPS) is 16.3. The maximum Gasteiger partial charge on any atom is 0.135 e. The van der Waals surface area contributed by atoms with Crippen molar-refractivity contribution in [2.24, 2.45) is 0 Å². The zero-order chi connectivity index (χ0) is 12.5. The zero-order valence-corrected chi connectivity index (χ0v) is 13.1. The fourth-order valence-electron chi connectivity index (χ4n) is 2.46. The highest BCUT2D eigenvalue weighted by Gasteiger charge is 2.16. The van der Waals surface area contributed by atoms with Gasteiger partial charge in [0.15, 0.2) is 0 Å². The van der Waals surface area contributed by atoms with Gasteiger partial charge >= 0.3 is 0 Å². The molecule has 0 amide bonds. The molecule has 1 saturated heterocycles. The van der Waals surface area contributed by atoms with Gasteiger partial charge in [-0.25, -0.2) is 0 Å². The van der Waals surface area contributed by atoms with Crippen LogP contribution in [0.5, 0.6) is 5.75 Å². The Bertz CT molecular complexity index is 566. The fraction of sp³-hybridized carbons (Fsp3) is 0.462. The third kappa shape index (κ3) is 2.88. The van der Waals surface area contributed by atoms with Crippen LogP contribution in [-0.2, 0) is 0 Å². The van der Waals surface area contributed by atoms with Gasteiger partial charge in [0, 0.05) is 17.6 Å². The number of nitrogens with one attached hydrogen (secondary N) is 1. The van der Waals surface area contributed by atoms with E-state index in [1.165, 1.54) is 0 Å².